The van der Waals surface area contributed by atoms with Crippen molar-refractivity contribution >= 4 is 35.0 Å². The smallest absolute Gasteiger partial charge is 0.236 e. The monoisotopic (exact) mass is 434 g/mol. The normalized spacial score (nSPS) is 23.2. The number of benzene rings is 1. The molecule has 8 nitrogen and oxygen atoms in total. The van der Waals surface area contributed by atoms with E-state index in [4.69, 9.17) is 16.3 Å². The minimum absolute atomic E-state index is 0.00634. The molecule has 1 atom stereocenters. The summed E-state index contributed by atoms with van der Waals surface area (Å²) in [6, 6.07) is 7.13. The zero-order valence-electron chi connectivity index (χ0n) is 17.0. The lowest BCUT2D eigenvalue weighted by atomic mass is 10.1. The summed E-state index contributed by atoms with van der Waals surface area (Å²) < 4.78 is 5.32. The summed E-state index contributed by atoms with van der Waals surface area (Å²) >= 11 is 6.04. The van der Waals surface area contributed by atoms with Gasteiger partial charge in [0.05, 0.1) is 25.7 Å². The van der Waals surface area contributed by atoms with E-state index >= 15 is 0 Å². The van der Waals surface area contributed by atoms with Gasteiger partial charge >= 0.3 is 0 Å². The predicted molar refractivity (Wildman–Crippen MR) is 112 cm³/mol. The second kappa shape index (κ2) is 9.32. The third-order valence-corrected chi connectivity index (χ3v) is 6.24. The molecule has 1 unspecified atom stereocenters. The number of rotatable bonds is 4. The fourth-order valence-corrected chi connectivity index (χ4v) is 4.44. The first-order valence-corrected chi connectivity index (χ1v) is 10.8. The SMILES string of the molecule is O=C(CN1CCOCC1)N1CCN(C(=O)C2CC(=O)N(c3cccc(Cl)c3)C2)CC1. The van der Waals surface area contributed by atoms with Gasteiger partial charge in [0, 0.05) is 62.9 Å². The highest BCUT2D eigenvalue weighted by Gasteiger charge is 2.38. The fraction of sp³-hybridized carbons (Fsp3) is 0.571. The number of halogens is 1. The Balaban J connectivity index is 1.28. The van der Waals surface area contributed by atoms with Gasteiger partial charge in [0.15, 0.2) is 0 Å². The molecule has 162 valence electrons. The van der Waals surface area contributed by atoms with Gasteiger partial charge in [-0.05, 0) is 18.2 Å². The molecule has 0 radical (unpaired) electrons. The van der Waals surface area contributed by atoms with Crippen LogP contribution >= 0.6 is 11.6 Å². The number of amides is 3. The van der Waals surface area contributed by atoms with E-state index in [0.29, 0.717) is 57.5 Å². The maximum atomic E-state index is 13.0. The summed E-state index contributed by atoms with van der Waals surface area (Å²) in [5, 5.41) is 0.563. The van der Waals surface area contributed by atoms with E-state index < -0.39 is 0 Å². The van der Waals surface area contributed by atoms with Crippen LogP contribution in [0.3, 0.4) is 0 Å². The number of anilines is 1. The summed E-state index contributed by atoms with van der Waals surface area (Å²) in [6.07, 6.45) is 0.210. The van der Waals surface area contributed by atoms with Crippen molar-refractivity contribution in [3.05, 3.63) is 29.3 Å². The molecule has 1 aromatic carbocycles. The fourth-order valence-electron chi connectivity index (χ4n) is 4.25. The van der Waals surface area contributed by atoms with Crippen molar-refractivity contribution in [1.82, 2.24) is 14.7 Å². The molecule has 0 spiro atoms. The first-order chi connectivity index (χ1) is 14.5. The minimum Gasteiger partial charge on any atom is -0.379 e. The second-order valence-corrected chi connectivity index (χ2v) is 8.42. The Morgan fingerprint density at radius 1 is 1.03 bits per heavy atom. The van der Waals surface area contributed by atoms with Gasteiger partial charge in [0.1, 0.15) is 0 Å². The van der Waals surface area contributed by atoms with Gasteiger partial charge < -0.3 is 19.4 Å². The van der Waals surface area contributed by atoms with Gasteiger partial charge in [0.2, 0.25) is 17.7 Å². The van der Waals surface area contributed by atoms with Crippen molar-refractivity contribution in [1.29, 1.82) is 0 Å². The van der Waals surface area contributed by atoms with Gasteiger partial charge in [-0.1, -0.05) is 17.7 Å². The van der Waals surface area contributed by atoms with E-state index in [1.165, 1.54) is 0 Å². The van der Waals surface area contributed by atoms with Crippen LogP contribution in [-0.2, 0) is 19.1 Å². The molecule has 0 bridgehead atoms. The first kappa shape index (κ1) is 21.1. The molecule has 9 heteroatoms. The summed E-state index contributed by atoms with van der Waals surface area (Å²) in [7, 11) is 0. The quantitative estimate of drug-likeness (QED) is 0.697. The van der Waals surface area contributed by atoms with E-state index in [2.05, 4.69) is 4.90 Å². The lowest BCUT2D eigenvalue weighted by molar-refractivity contribution is -0.142. The molecule has 3 aliphatic heterocycles. The molecule has 0 aliphatic carbocycles. The van der Waals surface area contributed by atoms with E-state index in [9.17, 15) is 14.4 Å². The zero-order valence-corrected chi connectivity index (χ0v) is 17.7. The summed E-state index contributed by atoms with van der Waals surface area (Å²) in [5.74, 6) is -0.317. The lowest BCUT2D eigenvalue weighted by Crippen LogP contribution is -2.54. The van der Waals surface area contributed by atoms with Crippen LogP contribution in [-0.4, -0.2) is 98.0 Å². The molecule has 3 aliphatic rings. The number of hydrogen-bond donors (Lipinski definition) is 0. The largest absolute Gasteiger partial charge is 0.379 e. The molecule has 3 amide bonds. The topological polar surface area (TPSA) is 73.4 Å². The molecule has 0 saturated carbocycles. The minimum atomic E-state index is -0.355. The summed E-state index contributed by atoms with van der Waals surface area (Å²) in [5.41, 5.74) is 0.723. The Bertz CT molecular complexity index is 806. The molecule has 3 heterocycles. The Morgan fingerprint density at radius 2 is 1.73 bits per heavy atom. The molecule has 0 N–H and O–H groups in total. The van der Waals surface area contributed by atoms with Gasteiger partial charge in [0.25, 0.3) is 0 Å². The average molecular weight is 435 g/mol. The van der Waals surface area contributed by atoms with Crippen molar-refractivity contribution in [2.24, 2.45) is 5.92 Å². The third-order valence-electron chi connectivity index (χ3n) is 6.00. The van der Waals surface area contributed by atoms with Crippen molar-refractivity contribution in [3.8, 4) is 0 Å². The molecule has 4 rings (SSSR count). The molecule has 3 saturated heterocycles. The Hall–Kier alpha value is -2.16. The number of ether oxygens (including phenoxy) is 1. The van der Waals surface area contributed by atoms with Crippen LogP contribution in [0.1, 0.15) is 6.42 Å². The van der Waals surface area contributed by atoms with Crippen LogP contribution < -0.4 is 4.90 Å². The predicted octanol–water partition coefficient (Wildman–Crippen LogP) is 0.696. The second-order valence-electron chi connectivity index (χ2n) is 7.98. The Kier molecular flexibility index (Phi) is 6.55. The van der Waals surface area contributed by atoms with E-state index in [0.717, 1.165) is 18.8 Å². The average Bonchev–Trinajstić information content (AvgIpc) is 3.15. The van der Waals surface area contributed by atoms with Crippen LogP contribution in [0, 0.1) is 5.92 Å². The molecule has 3 fully saturated rings. The van der Waals surface area contributed by atoms with Gasteiger partial charge in [-0.25, -0.2) is 0 Å². The number of nitrogens with zero attached hydrogens (tertiary/aromatic N) is 4. The molecule has 30 heavy (non-hydrogen) atoms. The van der Waals surface area contributed by atoms with Crippen molar-refractivity contribution in [2.75, 3.05) is 70.5 Å². The van der Waals surface area contributed by atoms with Crippen molar-refractivity contribution < 1.29 is 19.1 Å². The third kappa shape index (κ3) is 4.77. The standard InChI is InChI=1S/C21H27ClN4O4/c22-17-2-1-3-18(13-17)26-14-16(12-19(26)27)21(29)25-6-4-24(5-7-25)20(28)15-23-8-10-30-11-9-23/h1-3,13,16H,4-12,14-15H2. The number of carbonyl (C=O) groups excluding carboxylic acids is 3. The van der Waals surface area contributed by atoms with Crippen LogP contribution in [0.15, 0.2) is 24.3 Å². The number of piperazine rings is 1. The molecule has 0 aromatic heterocycles. The molecular formula is C21H27ClN4O4. The van der Waals surface area contributed by atoms with Gasteiger partial charge in [-0.3, -0.25) is 19.3 Å². The number of carbonyl (C=O) groups is 3. The van der Waals surface area contributed by atoms with Crippen LogP contribution in [0.5, 0.6) is 0 Å². The van der Waals surface area contributed by atoms with Crippen LogP contribution in [0.2, 0.25) is 5.02 Å². The molecule has 1 aromatic rings. The van der Waals surface area contributed by atoms with E-state index in [1.54, 1.807) is 28.0 Å². The maximum absolute atomic E-state index is 13.0. The zero-order chi connectivity index (χ0) is 21.1. The molecular weight excluding hydrogens is 408 g/mol. The van der Waals surface area contributed by atoms with Gasteiger partial charge in [-0.2, -0.15) is 0 Å². The highest BCUT2D eigenvalue weighted by molar-refractivity contribution is 6.31. The van der Waals surface area contributed by atoms with E-state index in [-0.39, 0.29) is 30.1 Å². The maximum Gasteiger partial charge on any atom is 0.236 e. The Morgan fingerprint density at radius 3 is 2.43 bits per heavy atom. The summed E-state index contributed by atoms with van der Waals surface area (Å²) in [4.78, 5) is 45.4. The summed E-state index contributed by atoms with van der Waals surface area (Å²) in [6.45, 7) is 5.76. The van der Waals surface area contributed by atoms with Gasteiger partial charge in [-0.15, -0.1) is 0 Å². The van der Waals surface area contributed by atoms with Crippen LogP contribution in [0.4, 0.5) is 5.69 Å². The number of hydrogen-bond acceptors (Lipinski definition) is 5. The first-order valence-electron chi connectivity index (χ1n) is 10.4. The van der Waals surface area contributed by atoms with E-state index in [1.807, 2.05) is 11.0 Å². The highest BCUT2D eigenvalue weighted by atomic mass is 35.5. The van der Waals surface area contributed by atoms with Crippen molar-refractivity contribution in [3.63, 3.8) is 0 Å². The number of morpholine rings is 1. The lowest BCUT2D eigenvalue weighted by Gasteiger charge is -2.37. The Labute approximate surface area is 181 Å². The van der Waals surface area contributed by atoms with Crippen molar-refractivity contribution in [2.45, 2.75) is 6.42 Å². The highest BCUT2D eigenvalue weighted by Crippen LogP contribution is 2.28. The van der Waals surface area contributed by atoms with Crippen LogP contribution in [0.25, 0.3) is 0 Å².